The first kappa shape index (κ1) is 31.6. The van der Waals surface area contributed by atoms with E-state index >= 15 is 0 Å². The Morgan fingerprint density at radius 1 is 0.978 bits per heavy atom. The molecule has 5 rings (SSSR count). The van der Waals surface area contributed by atoms with E-state index in [9.17, 15) is 14.4 Å². The molecule has 4 aromatic rings. The van der Waals surface area contributed by atoms with Gasteiger partial charge in [-0.3, -0.25) is 14.2 Å². The number of para-hydroxylation sites is 1. The maximum absolute atomic E-state index is 14.3. The van der Waals surface area contributed by atoms with Crippen molar-refractivity contribution in [1.82, 2.24) is 9.13 Å². The zero-order chi connectivity index (χ0) is 32.4. The number of methoxy groups -OCH3 is 3. The molecule has 12 heteroatoms. The standard InChI is InChI=1S/C33H35N3O8S/c1-8-43-27(37)17-35-19(4)22(21-12-10-11-13-23(21)35)16-26-31(38)36-29(20-14-24(40-5)30(42-7)25(15-20)41-6)28(32(39)44-9-2)18(3)34-33(36)45-26/h10-16,29H,8-9,17H2,1-7H3/b26-16-/t29-/m0/s1. The molecule has 1 aliphatic rings. The lowest BCUT2D eigenvalue weighted by Gasteiger charge is -2.26. The van der Waals surface area contributed by atoms with Crippen molar-refractivity contribution >= 4 is 40.3 Å². The first-order valence-electron chi connectivity index (χ1n) is 14.4. The Balaban J connectivity index is 1.77. The molecule has 2 aromatic heterocycles. The summed E-state index contributed by atoms with van der Waals surface area (Å²) in [5.41, 5.74) is 3.32. The van der Waals surface area contributed by atoms with E-state index in [4.69, 9.17) is 23.7 Å². The van der Waals surface area contributed by atoms with Crippen LogP contribution in [0.1, 0.15) is 43.6 Å². The number of allylic oxidation sites excluding steroid dienone is 1. The number of thiazole rings is 1. The molecule has 11 nitrogen and oxygen atoms in total. The first-order valence-corrected chi connectivity index (χ1v) is 15.2. The second kappa shape index (κ2) is 13.0. The largest absolute Gasteiger partial charge is 0.493 e. The van der Waals surface area contributed by atoms with Crippen LogP contribution in [0, 0.1) is 6.92 Å². The van der Waals surface area contributed by atoms with Crippen molar-refractivity contribution in [2.45, 2.75) is 40.3 Å². The minimum absolute atomic E-state index is 0.0402. The Morgan fingerprint density at radius 3 is 2.27 bits per heavy atom. The topological polar surface area (TPSA) is 120 Å². The van der Waals surface area contributed by atoms with E-state index in [1.165, 1.54) is 37.2 Å². The molecule has 45 heavy (non-hydrogen) atoms. The smallest absolute Gasteiger partial charge is 0.338 e. The van der Waals surface area contributed by atoms with Crippen LogP contribution in [0.2, 0.25) is 0 Å². The average molecular weight is 634 g/mol. The van der Waals surface area contributed by atoms with Crippen LogP contribution in [0.5, 0.6) is 17.2 Å². The number of aromatic nitrogens is 2. The first-order chi connectivity index (χ1) is 21.7. The van der Waals surface area contributed by atoms with Gasteiger partial charge in [-0.15, -0.1) is 0 Å². The van der Waals surface area contributed by atoms with Gasteiger partial charge in [0.1, 0.15) is 6.54 Å². The van der Waals surface area contributed by atoms with Crippen molar-refractivity contribution < 1.29 is 33.3 Å². The van der Waals surface area contributed by atoms with Crippen molar-refractivity contribution in [3.05, 3.63) is 84.2 Å². The second-order valence-corrected chi connectivity index (χ2v) is 11.2. The lowest BCUT2D eigenvalue weighted by molar-refractivity contribution is -0.143. The molecule has 2 aromatic carbocycles. The third-order valence-electron chi connectivity index (χ3n) is 7.67. The molecule has 0 N–H and O–H groups in total. The Hall–Kier alpha value is -4.84. The molecule has 1 atom stereocenters. The van der Waals surface area contributed by atoms with Gasteiger partial charge in [-0.05, 0) is 57.5 Å². The number of fused-ring (bicyclic) bond motifs is 2. The minimum atomic E-state index is -0.887. The Bertz CT molecular complexity index is 1990. The van der Waals surface area contributed by atoms with Crippen LogP contribution >= 0.6 is 11.3 Å². The van der Waals surface area contributed by atoms with Crippen LogP contribution in [0.15, 0.2) is 57.5 Å². The van der Waals surface area contributed by atoms with E-state index in [0.29, 0.717) is 37.8 Å². The molecule has 0 spiro atoms. The van der Waals surface area contributed by atoms with Crippen LogP contribution in [-0.4, -0.2) is 55.6 Å². The van der Waals surface area contributed by atoms with Gasteiger partial charge in [0.15, 0.2) is 16.3 Å². The summed E-state index contributed by atoms with van der Waals surface area (Å²) in [6, 6.07) is 10.2. The Kier molecular flexibility index (Phi) is 9.14. The van der Waals surface area contributed by atoms with E-state index in [0.717, 1.165) is 22.2 Å². The highest BCUT2D eigenvalue weighted by atomic mass is 32.1. The summed E-state index contributed by atoms with van der Waals surface area (Å²) in [7, 11) is 4.50. The van der Waals surface area contributed by atoms with E-state index in [1.807, 2.05) is 41.8 Å². The molecule has 1 aliphatic heterocycles. The third-order valence-corrected chi connectivity index (χ3v) is 8.65. The van der Waals surface area contributed by atoms with E-state index < -0.39 is 12.0 Å². The van der Waals surface area contributed by atoms with Crippen LogP contribution in [0.3, 0.4) is 0 Å². The third kappa shape index (κ3) is 5.61. The normalized spacial score (nSPS) is 14.6. The fraction of sp³-hybridized carbons (Fsp3) is 0.333. The number of nitrogens with zero attached hydrogens (tertiary/aromatic N) is 3. The van der Waals surface area contributed by atoms with Crippen LogP contribution < -0.4 is 29.1 Å². The zero-order valence-corrected chi connectivity index (χ0v) is 27.1. The SMILES string of the molecule is CCOC(=O)Cn1c(C)c(/C=c2\sc3n(c2=O)[C@@H](c2cc(OC)c(OC)c(OC)c2)C(C(=O)OCC)=C(C)N=3)c2ccccc21. The summed E-state index contributed by atoms with van der Waals surface area (Å²) in [5.74, 6) is 0.197. The maximum Gasteiger partial charge on any atom is 0.338 e. The van der Waals surface area contributed by atoms with E-state index in [-0.39, 0.29) is 36.9 Å². The summed E-state index contributed by atoms with van der Waals surface area (Å²) in [5, 5.41) is 0.884. The van der Waals surface area contributed by atoms with Gasteiger partial charge in [0.2, 0.25) is 5.75 Å². The summed E-state index contributed by atoms with van der Waals surface area (Å²) in [6.45, 7) is 7.59. The molecule has 0 amide bonds. The fourth-order valence-electron chi connectivity index (χ4n) is 5.68. The highest BCUT2D eigenvalue weighted by molar-refractivity contribution is 7.07. The van der Waals surface area contributed by atoms with Crippen LogP contribution in [0.4, 0.5) is 0 Å². The number of rotatable bonds is 10. The summed E-state index contributed by atoms with van der Waals surface area (Å²) >= 11 is 1.22. The van der Waals surface area contributed by atoms with Gasteiger partial charge in [0, 0.05) is 22.2 Å². The predicted molar refractivity (Wildman–Crippen MR) is 170 cm³/mol. The van der Waals surface area contributed by atoms with Crippen LogP contribution in [-0.2, 0) is 25.6 Å². The molecular formula is C33H35N3O8S. The number of hydrogen-bond donors (Lipinski definition) is 0. The van der Waals surface area contributed by atoms with Crippen molar-refractivity contribution in [1.29, 1.82) is 0 Å². The molecule has 0 saturated heterocycles. The van der Waals surface area contributed by atoms with E-state index in [1.54, 1.807) is 32.9 Å². The second-order valence-electron chi connectivity index (χ2n) is 10.2. The number of hydrogen-bond acceptors (Lipinski definition) is 10. The molecule has 0 aliphatic carbocycles. The molecule has 0 radical (unpaired) electrons. The van der Waals surface area contributed by atoms with E-state index in [2.05, 4.69) is 4.99 Å². The van der Waals surface area contributed by atoms with Gasteiger partial charge >= 0.3 is 11.9 Å². The van der Waals surface area contributed by atoms with Crippen LogP contribution in [0.25, 0.3) is 17.0 Å². The zero-order valence-electron chi connectivity index (χ0n) is 26.3. The molecule has 3 heterocycles. The monoisotopic (exact) mass is 633 g/mol. The number of carbonyl (C=O) groups is 2. The van der Waals surface area contributed by atoms with Gasteiger partial charge in [0.25, 0.3) is 5.56 Å². The summed E-state index contributed by atoms with van der Waals surface area (Å²) in [6.07, 6.45) is 1.82. The number of benzene rings is 2. The lowest BCUT2D eigenvalue weighted by Crippen LogP contribution is -2.40. The molecule has 0 fully saturated rings. The number of ether oxygens (including phenoxy) is 5. The van der Waals surface area contributed by atoms with Crippen molar-refractivity contribution in [3.8, 4) is 17.2 Å². The molecule has 236 valence electrons. The predicted octanol–water partition coefficient (Wildman–Crippen LogP) is 3.65. The van der Waals surface area contributed by atoms with Gasteiger partial charge < -0.3 is 28.3 Å². The number of carbonyl (C=O) groups excluding carboxylic acids is 2. The highest BCUT2D eigenvalue weighted by Gasteiger charge is 2.35. The van der Waals surface area contributed by atoms with Gasteiger partial charge in [0.05, 0.1) is 56.4 Å². The number of esters is 2. The summed E-state index contributed by atoms with van der Waals surface area (Å²) < 4.78 is 31.1. The Labute approximate surface area is 263 Å². The molecule has 0 unspecified atom stereocenters. The van der Waals surface area contributed by atoms with Crippen molar-refractivity contribution in [2.75, 3.05) is 34.5 Å². The molecule has 0 saturated carbocycles. The minimum Gasteiger partial charge on any atom is -0.493 e. The van der Waals surface area contributed by atoms with Crippen molar-refractivity contribution in [2.24, 2.45) is 4.99 Å². The van der Waals surface area contributed by atoms with Gasteiger partial charge in [-0.25, -0.2) is 9.79 Å². The quantitative estimate of drug-likeness (QED) is 0.243. The van der Waals surface area contributed by atoms with Gasteiger partial charge in [-0.1, -0.05) is 29.5 Å². The molecular weight excluding hydrogens is 598 g/mol. The van der Waals surface area contributed by atoms with Crippen molar-refractivity contribution in [3.63, 3.8) is 0 Å². The maximum atomic E-state index is 14.3. The molecule has 0 bridgehead atoms. The van der Waals surface area contributed by atoms with Gasteiger partial charge in [-0.2, -0.15) is 0 Å². The highest BCUT2D eigenvalue weighted by Crippen LogP contribution is 2.42. The average Bonchev–Trinajstić information content (AvgIpc) is 3.47. The summed E-state index contributed by atoms with van der Waals surface area (Å²) in [4.78, 5) is 45.3. The fourth-order valence-corrected chi connectivity index (χ4v) is 6.71. The lowest BCUT2D eigenvalue weighted by atomic mass is 9.95. The Morgan fingerprint density at radius 2 is 1.64 bits per heavy atom.